The highest BCUT2D eigenvalue weighted by Crippen LogP contribution is 2.40. The fourth-order valence-electron chi connectivity index (χ4n) is 4.88. The number of amides is 2. The average Bonchev–Trinajstić information content (AvgIpc) is 2.86. The average molecular weight is 499 g/mol. The lowest BCUT2D eigenvalue weighted by atomic mass is 9.75. The molecule has 1 aromatic heterocycles. The van der Waals surface area contributed by atoms with Gasteiger partial charge in [0.05, 0.1) is 17.2 Å². The van der Waals surface area contributed by atoms with Crippen LogP contribution >= 0.6 is 0 Å². The Kier molecular flexibility index (Phi) is 7.86. The minimum Gasteiger partial charge on any atom is -0.369 e. The number of para-hydroxylation sites is 2. The number of carbonyl (C=O) groups is 2. The summed E-state index contributed by atoms with van der Waals surface area (Å²) < 4.78 is 40.7. The minimum atomic E-state index is -2.72. The van der Waals surface area contributed by atoms with Crippen molar-refractivity contribution in [2.75, 3.05) is 0 Å². The van der Waals surface area contributed by atoms with Gasteiger partial charge in [-0.2, -0.15) is 0 Å². The van der Waals surface area contributed by atoms with Crippen LogP contribution in [0.5, 0.6) is 0 Å². The van der Waals surface area contributed by atoms with Gasteiger partial charge in [-0.05, 0) is 67.9 Å². The van der Waals surface area contributed by atoms with Crippen LogP contribution in [-0.2, 0) is 11.2 Å². The molecule has 2 amide bonds. The molecule has 4 rings (SSSR count). The van der Waals surface area contributed by atoms with Crippen LogP contribution in [0.1, 0.15) is 54.6 Å². The molecule has 6 nitrogen and oxygen atoms in total. The predicted octanol–water partition coefficient (Wildman–Crippen LogP) is 4.82. The highest BCUT2D eigenvalue weighted by molar-refractivity contribution is 5.94. The second-order valence-electron chi connectivity index (χ2n) is 9.52. The number of primary amides is 1. The van der Waals surface area contributed by atoms with Crippen LogP contribution in [0, 0.1) is 17.7 Å². The third-order valence-electron chi connectivity index (χ3n) is 6.95. The molecule has 0 aliphatic heterocycles. The number of benzene rings is 2. The number of hydrogen-bond donors (Lipinski definition) is 2. The summed E-state index contributed by atoms with van der Waals surface area (Å²) in [6.07, 6.45) is 2.43. The van der Waals surface area contributed by atoms with E-state index in [1.165, 1.54) is 18.3 Å². The van der Waals surface area contributed by atoms with Crippen LogP contribution in [-0.4, -0.2) is 33.7 Å². The molecule has 36 heavy (non-hydrogen) atoms. The number of nitrogens with two attached hydrogens (primary N) is 1. The maximum absolute atomic E-state index is 13.7. The van der Waals surface area contributed by atoms with Crippen molar-refractivity contribution in [2.24, 2.45) is 17.6 Å². The Morgan fingerprint density at radius 1 is 1.06 bits per heavy atom. The SMILES string of the molecule is NC(=O)C(CC(CCc1ccc(F)cc1)NC(=O)c1cnc2ccccc2n1)C1CCC(F)(F)CC1. The van der Waals surface area contributed by atoms with Crippen LogP contribution in [0.3, 0.4) is 0 Å². The van der Waals surface area contributed by atoms with Gasteiger partial charge in [-0.15, -0.1) is 0 Å². The van der Waals surface area contributed by atoms with Crippen molar-refractivity contribution in [3.63, 3.8) is 0 Å². The maximum atomic E-state index is 13.7. The van der Waals surface area contributed by atoms with E-state index in [-0.39, 0.29) is 49.5 Å². The lowest BCUT2D eigenvalue weighted by Crippen LogP contribution is -2.42. The lowest BCUT2D eigenvalue weighted by Gasteiger charge is -2.34. The van der Waals surface area contributed by atoms with Crippen molar-refractivity contribution in [1.29, 1.82) is 0 Å². The van der Waals surface area contributed by atoms with Gasteiger partial charge in [0, 0.05) is 24.8 Å². The summed E-state index contributed by atoms with van der Waals surface area (Å²) in [5, 5.41) is 2.95. The van der Waals surface area contributed by atoms with Crippen molar-refractivity contribution in [3.8, 4) is 0 Å². The third kappa shape index (κ3) is 6.59. The minimum absolute atomic E-state index is 0.133. The Bertz CT molecular complexity index is 1210. The van der Waals surface area contributed by atoms with Crippen LogP contribution in [0.25, 0.3) is 11.0 Å². The quantitative estimate of drug-likeness (QED) is 0.442. The van der Waals surface area contributed by atoms with E-state index < -0.39 is 29.7 Å². The highest BCUT2D eigenvalue weighted by Gasteiger charge is 2.40. The Morgan fingerprint density at radius 2 is 1.72 bits per heavy atom. The molecule has 3 N–H and O–H groups in total. The predicted molar refractivity (Wildman–Crippen MR) is 130 cm³/mol. The summed E-state index contributed by atoms with van der Waals surface area (Å²) in [7, 11) is 0. The number of hydrogen-bond acceptors (Lipinski definition) is 4. The first kappa shape index (κ1) is 25.6. The lowest BCUT2D eigenvalue weighted by molar-refractivity contribution is -0.126. The molecular weight excluding hydrogens is 469 g/mol. The van der Waals surface area contributed by atoms with Gasteiger partial charge in [-0.3, -0.25) is 14.6 Å². The van der Waals surface area contributed by atoms with Gasteiger partial charge in [0.1, 0.15) is 11.5 Å². The van der Waals surface area contributed by atoms with Gasteiger partial charge >= 0.3 is 0 Å². The zero-order valence-electron chi connectivity index (χ0n) is 19.8. The van der Waals surface area contributed by atoms with E-state index in [2.05, 4.69) is 15.3 Å². The van der Waals surface area contributed by atoms with Gasteiger partial charge in [0.25, 0.3) is 5.91 Å². The van der Waals surface area contributed by atoms with Crippen molar-refractivity contribution < 1.29 is 22.8 Å². The first-order chi connectivity index (χ1) is 17.2. The van der Waals surface area contributed by atoms with Gasteiger partial charge in [0.2, 0.25) is 11.8 Å². The molecular formula is C27H29F3N4O2. The molecule has 1 aliphatic rings. The van der Waals surface area contributed by atoms with Crippen molar-refractivity contribution in [2.45, 2.75) is 56.9 Å². The summed E-state index contributed by atoms with van der Waals surface area (Å²) >= 11 is 0. The molecule has 0 spiro atoms. The molecule has 1 saturated carbocycles. The molecule has 0 saturated heterocycles. The molecule has 1 heterocycles. The zero-order valence-corrected chi connectivity index (χ0v) is 19.8. The van der Waals surface area contributed by atoms with Crippen LogP contribution in [0.15, 0.2) is 54.7 Å². The first-order valence-electron chi connectivity index (χ1n) is 12.1. The number of rotatable bonds is 9. The van der Waals surface area contributed by atoms with E-state index in [0.717, 1.165) is 5.56 Å². The van der Waals surface area contributed by atoms with Gasteiger partial charge in [-0.25, -0.2) is 18.2 Å². The third-order valence-corrected chi connectivity index (χ3v) is 6.95. The number of nitrogens with zero attached hydrogens (tertiary/aromatic N) is 2. The Morgan fingerprint density at radius 3 is 2.39 bits per heavy atom. The number of fused-ring (bicyclic) bond motifs is 1. The number of halogens is 3. The molecule has 3 aromatic rings. The largest absolute Gasteiger partial charge is 0.369 e. The molecule has 1 fully saturated rings. The Hall–Kier alpha value is -3.49. The second-order valence-corrected chi connectivity index (χ2v) is 9.52. The Balaban J connectivity index is 1.51. The zero-order chi connectivity index (χ0) is 25.7. The van der Waals surface area contributed by atoms with E-state index in [1.807, 2.05) is 6.07 Å². The fraction of sp³-hybridized carbons (Fsp3) is 0.407. The first-order valence-corrected chi connectivity index (χ1v) is 12.1. The molecule has 0 radical (unpaired) electrons. The number of carbonyl (C=O) groups excluding carboxylic acids is 2. The van der Waals surface area contributed by atoms with E-state index in [4.69, 9.17) is 5.73 Å². The monoisotopic (exact) mass is 498 g/mol. The summed E-state index contributed by atoms with van der Waals surface area (Å²) in [5.74, 6) is -4.99. The van der Waals surface area contributed by atoms with Gasteiger partial charge in [0.15, 0.2) is 0 Å². The topological polar surface area (TPSA) is 98.0 Å². The summed E-state index contributed by atoms with van der Waals surface area (Å²) in [4.78, 5) is 34.1. The van der Waals surface area contributed by atoms with E-state index in [0.29, 0.717) is 23.9 Å². The highest BCUT2D eigenvalue weighted by atomic mass is 19.3. The van der Waals surface area contributed by atoms with Crippen molar-refractivity contribution >= 4 is 22.8 Å². The summed E-state index contributed by atoms with van der Waals surface area (Å²) in [6.45, 7) is 0. The van der Waals surface area contributed by atoms with E-state index in [1.54, 1.807) is 30.3 Å². The number of nitrogens with one attached hydrogen (secondary N) is 1. The molecule has 2 aromatic carbocycles. The standard InChI is InChI=1S/C27H29F3N4O2/c28-19-8-5-17(6-9-19)7-10-20(15-21(25(31)35)18-11-13-27(29,30)14-12-18)33-26(36)24-16-32-22-3-1-2-4-23(22)34-24/h1-6,8-9,16,18,20-21H,7,10-15H2,(H2,31,35)(H,33,36). The van der Waals surface area contributed by atoms with E-state index in [9.17, 15) is 22.8 Å². The van der Waals surface area contributed by atoms with Crippen molar-refractivity contribution in [3.05, 3.63) is 71.8 Å². The van der Waals surface area contributed by atoms with Gasteiger partial charge in [-0.1, -0.05) is 24.3 Å². The van der Waals surface area contributed by atoms with E-state index >= 15 is 0 Å². The Labute approximate surface area is 207 Å². The molecule has 0 bridgehead atoms. The maximum Gasteiger partial charge on any atom is 0.271 e. The van der Waals surface area contributed by atoms with Crippen LogP contribution in [0.2, 0.25) is 0 Å². The van der Waals surface area contributed by atoms with Gasteiger partial charge < -0.3 is 11.1 Å². The number of alkyl halides is 2. The van der Waals surface area contributed by atoms with Crippen LogP contribution in [0.4, 0.5) is 13.2 Å². The molecule has 190 valence electrons. The second kappa shape index (κ2) is 11.1. The van der Waals surface area contributed by atoms with Crippen molar-refractivity contribution in [1.82, 2.24) is 15.3 Å². The normalized spacial score (nSPS) is 17.4. The molecule has 9 heteroatoms. The fourth-order valence-corrected chi connectivity index (χ4v) is 4.88. The molecule has 1 aliphatic carbocycles. The smallest absolute Gasteiger partial charge is 0.271 e. The molecule has 2 unspecified atom stereocenters. The summed E-state index contributed by atoms with van der Waals surface area (Å²) in [6, 6.07) is 12.8. The number of aryl methyl sites for hydroxylation is 1. The van der Waals surface area contributed by atoms with Crippen LogP contribution < -0.4 is 11.1 Å². The number of aromatic nitrogens is 2. The molecule has 2 atom stereocenters. The summed E-state index contributed by atoms with van der Waals surface area (Å²) in [5.41, 5.74) is 7.94.